The summed E-state index contributed by atoms with van der Waals surface area (Å²) in [6, 6.07) is 11.5. The normalized spacial score (nSPS) is 12.0. The SMILES string of the molecule is CC(C)[C@H](CO)Nc1nc(NCCc2ccccn2)cc(-c2cccnc2)n1. The van der Waals surface area contributed by atoms with E-state index in [1.54, 1.807) is 18.6 Å². The Labute approximate surface area is 165 Å². The molecule has 3 aromatic rings. The molecule has 0 fully saturated rings. The standard InChI is InChI=1S/C21H26N6O/c1-15(2)19(14-28)26-21-25-18(16-6-5-9-22-13-16)12-20(27-21)24-11-8-17-7-3-4-10-23-17/h3-7,9-10,12-13,15,19,28H,8,11,14H2,1-2H3,(H2,24,25,26,27)/t19-/m0/s1. The topological polar surface area (TPSA) is 95.8 Å². The van der Waals surface area contributed by atoms with Crippen molar-refractivity contribution in [2.24, 2.45) is 5.92 Å². The first-order chi connectivity index (χ1) is 13.7. The molecule has 0 spiro atoms. The first-order valence-electron chi connectivity index (χ1n) is 9.46. The molecule has 0 saturated carbocycles. The smallest absolute Gasteiger partial charge is 0.225 e. The summed E-state index contributed by atoms with van der Waals surface area (Å²) >= 11 is 0. The minimum absolute atomic E-state index is 0.0145. The Hall–Kier alpha value is -3.06. The van der Waals surface area contributed by atoms with Crippen molar-refractivity contribution >= 4 is 11.8 Å². The van der Waals surface area contributed by atoms with Gasteiger partial charge in [0.1, 0.15) is 5.82 Å². The van der Waals surface area contributed by atoms with Crippen LogP contribution in [0.1, 0.15) is 19.5 Å². The average Bonchev–Trinajstić information content (AvgIpc) is 2.73. The second kappa shape index (κ2) is 9.75. The Kier molecular flexibility index (Phi) is 6.86. The van der Waals surface area contributed by atoms with Crippen molar-refractivity contribution in [3.8, 4) is 11.3 Å². The van der Waals surface area contributed by atoms with Gasteiger partial charge in [-0.2, -0.15) is 4.98 Å². The van der Waals surface area contributed by atoms with E-state index in [0.29, 0.717) is 18.3 Å². The lowest BCUT2D eigenvalue weighted by Crippen LogP contribution is -2.30. The van der Waals surface area contributed by atoms with Crippen LogP contribution in [0.4, 0.5) is 11.8 Å². The van der Waals surface area contributed by atoms with Crippen LogP contribution < -0.4 is 10.6 Å². The van der Waals surface area contributed by atoms with Crippen molar-refractivity contribution in [3.05, 3.63) is 60.7 Å². The zero-order valence-electron chi connectivity index (χ0n) is 16.2. The largest absolute Gasteiger partial charge is 0.394 e. The molecule has 3 N–H and O–H groups in total. The van der Waals surface area contributed by atoms with Crippen LogP contribution in [-0.2, 0) is 6.42 Å². The predicted molar refractivity (Wildman–Crippen MR) is 111 cm³/mol. The lowest BCUT2D eigenvalue weighted by molar-refractivity contribution is 0.248. The van der Waals surface area contributed by atoms with Crippen molar-refractivity contribution in [2.45, 2.75) is 26.3 Å². The van der Waals surface area contributed by atoms with E-state index in [9.17, 15) is 5.11 Å². The third-order valence-electron chi connectivity index (χ3n) is 4.41. The fourth-order valence-electron chi connectivity index (χ4n) is 2.72. The molecule has 1 atom stereocenters. The molecule has 0 radical (unpaired) electrons. The first kappa shape index (κ1) is 19.7. The second-order valence-electron chi connectivity index (χ2n) is 6.88. The minimum atomic E-state index is -0.120. The molecule has 3 aromatic heterocycles. The highest BCUT2D eigenvalue weighted by Gasteiger charge is 2.15. The van der Waals surface area contributed by atoms with Gasteiger partial charge < -0.3 is 15.7 Å². The fraction of sp³-hybridized carbons (Fsp3) is 0.333. The summed E-state index contributed by atoms with van der Waals surface area (Å²) in [6.07, 6.45) is 6.09. The molecule has 146 valence electrons. The van der Waals surface area contributed by atoms with Gasteiger partial charge in [0.05, 0.1) is 18.3 Å². The minimum Gasteiger partial charge on any atom is -0.394 e. The summed E-state index contributed by atoms with van der Waals surface area (Å²) in [4.78, 5) is 17.7. The van der Waals surface area contributed by atoms with Crippen molar-refractivity contribution < 1.29 is 5.11 Å². The number of nitrogens with zero attached hydrogens (tertiary/aromatic N) is 4. The van der Waals surface area contributed by atoms with E-state index in [-0.39, 0.29) is 18.6 Å². The average molecular weight is 378 g/mol. The van der Waals surface area contributed by atoms with E-state index in [2.05, 4.69) is 30.6 Å². The van der Waals surface area contributed by atoms with E-state index in [1.807, 2.05) is 50.2 Å². The Bertz CT molecular complexity index is 857. The molecule has 0 amide bonds. The zero-order chi connectivity index (χ0) is 19.8. The number of nitrogens with one attached hydrogen (secondary N) is 2. The lowest BCUT2D eigenvalue weighted by atomic mass is 10.1. The van der Waals surface area contributed by atoms with Gasteiger partial charge in [-0.25, -0.2) is 4.98 Å². The molecule has 0 aromatic carbocycles. The molecule has 0 unspecified atom stereocenters. The number of pyridine rings is 2. The third kappa shape index (κ3) is 5.47. The van der Waals surface area contributed by atoms with Crippen molar-refractivity contribution in [2.75, 3.05) is 23.8 Å². The zero-order valence-corrected chi connectivity index (χ0v) is 16.2. The Morgan fingerprint density at radius 1 is 1.07 bits per heavy atom. The molecule has 0 saturated heterocycles. The number of aliphatic hydroxyl groups is 1. The number of anilines is 2. The highest BCUT2D eigenvalue weighted by atomic mass is 16.3. The van der Waals surface area contributed by atoms with E-state index in [1.165, 1.54) is 0 Å². The van der Waals surface area contributed by atoms with Gasteiger partial charge in [0.25, 0.3) is 0 Å². The second-order valence-corrected chi connectivity index (χ2v) is 6.88. The summed E-state index contributed by atoms with van der Waals surface area (Å²) in [5.41, 5.74) is 2.70. The van der Waals surface area contributed by atoms with Gasteiger partial charge in [-0.1, -0.05) is 19.9 Å². The van der Waals surface area contributed by atoms with Gasteiger partial charge in [-0.05, 0) is 30.2 Å². The molecule has 0 bridgehead atoms. The molecular formula is C21H26N6O. The van der Waals surface area contributed by atoms with E-state index in [0.717, 1.165) is 23.4 Å². The van der Waals surface area contributed by atoms with Gasteiger partial charge in [0.2, 0.25) is 5.95 Å². The van der Waals surface area contributed by atoms with E-state index < -0.39 is 0 Å². The molecule has 3 rings (SSSR count). The summed E-state index contributed by atoms with van der Waals surface area (Å²) in [5, 5.41) is 16.2. The van der Waals surface area contributed by atoms with Crippen LogP contribution in [0.3, 0.4) is 0 Å². The summed E-state index contributed by atoms with van der Waals surface area (Å²) in [7, 11) is 0. The number of aliphatic hydroxyl groups excluding tert-OH is 1. The first-order valence-corrected chi connectivity index (χ1v) is 9.46. The molecule has 3 heterocycles. The van der Waals surface area contributed by atoms with Crippen LogP contribution in [0.2, 0.25) is 0 Å². The van der Waals surface area contributed by atoms with Gasteiger partial charge in [0, 0.05) is 48.9 Å². The van der Waals surface area contributed by atoms with Gasteiger partial charge in [0.15, 0.2) is 0 Å². The molecule has 0 aliphatic rings. The van der Waals surface area contributed by atoms with Crippen LogP contribution >= 0.6 is 0 Å². The number of hydrogen-bond acceptors (Lipinski definition) is 7. The molecule has 0 aliphatic carbocycles. The van der Waals surface area contributed by atoms with Gasteiger partial charge in [-0.15, -0.1) is 0 Å². The Morgan fingerprint density at radius 2 is 1.96 bits per heavy atom. The molecule has 7 heteroatoms. The molecular weight excluding hydrogens is 352 g/mol. The maximum absolute atomic E-state index is 9.63. The van der Waals surface area contributed by atoms with E-state index >= 15 is 0 Å². The lowest BCUT2D eigenvalue weighted by Gasteiger charge is -2.20. The van der Waals surface area contributed by atoms with Crippen LogP contribution in [0.25, 0.3) is 11.3 Å². The van der Waals surface area contributed by atoms with Crippen molar-refractivity contribution in [1.29, 1.82) is 0 Å². The van der Waals surface area contributed by atoms with E-state index in [4.69, 9.17) is 0 Å². The molecule has 7 nitrogen and oxygen atoms in total. The van der Waals surface area contributed by atoms with Crippen LogP contribution in [-0.4, -0.2) is 44.2 Å². The number of aromatic nitrogens is 4. The molecule has 28 heavy (non-hydrogen) atoms. The third-order valence-corrected chi connectivity index (χ3v) is 4.41. The number of rotatable bonds is 9. The monoisotopic (exact) mass is 378 g/mol. The summed E-state index contributed by atoms with van der Waals surface area (Å²) in [5.74, 6) is 1.44. The Morgan fingerprint density at radius 3 is 2.64 bits per heavy atom. The highest BCUT2D eigenvalue weighted by Crippen LogP contribution is 2.21. The van der Waals surface area contributed by atoms with Crippen LogP contribution in [0.15, 0.2) is 55.0 Å². The van der Waals surface area contributed by atoms with Gasteiger partial charge >= 0.3 is 0 Å². The van der Waals surface area contributed by atoms with Gasteiger partial charge in [-0.3, -0.25) is 9.97 Å². The number of hydrogen-bond donors (Lipinski definition) is 3. The maximum Gasteiger partial charge on any atom is 0.225 e. The summed E-state index contributed by atoms with van der Waals surface area (Å²) in [6.45, 7) is 4.81. The molecule has 0 aliphatic heterocycles. The van der Waals surface area contributed by atoms with Crippen molar-refractivity contribution in [3.63, 3.8) is 0 Å². The highest BCUT2D eigenvalue weighted by molar-refractivity contribution is 5.63. The quantitative estimate of drug-likeness (QED) is 0.527. The van der Waals surface area contributed by atoms with Crippen LogP contribution in [0, 0.1) is 5.92 Å². The summed E-state index contributed by atoms with van der Waals surface area (Å²) < 4.78 is 0. The predicted octanol–water partition coefficient (Wildman–Crippen LogP) is 3.02. The van der Waals surface area contributed by atoms with Crippen LogP contribution in [0.5, 0.6) is 0 Å². The Balaban J connectivity index is 1.80. The fourth-order valence-corrected chi connectivity index (χ4v) is 2.72. The maximum atomic E-state index is 9.63. The van der Waals surface area contributed by atoms with Crippen molar-refractivity contribution in [1.82, 2.24) is 19.9 Å².